The van der Waals surface area contributed by atoms with Gasteiger partial charge in [0.05, 0.1) is 7.11 Å². The molecule has 80 valence electrons. The molecule has 1 unspecified atom stereocenters. The van der Waals surface area contributed by atoms with Crippen LogP contribution in [0.4, 0.5) is 0 Å². The first-order valence-corrected chi connectivity index (χ1v) is 4.63. The Labute approximate surface area is 92.1 Å². The Morgan fingerprint density at radius 2 is 2.14 bits per heavy atom. The van der Waals surface area contributed by atoms with Gasteiger partial charge < -0.3 is 22.5 Å². The SMILES string of the molecule is CCC(NC)c1cccc(OC)c1.[Cl-]. The van der Waals surface area contributed by atoms with Crippen molar-refractivity contribution < 1.29 is 17.1 Å². The van der Waals surface area contributed by atoms with Gasteiger partial charge in [-0.3, -0.25) is 0 Å². The van der Waals surface area contributed by atoms with E-state index in [1.807, 2.05) is 19.2 Å². The number of nitrogens with one attached hydrogen (secondary N) is 1. The molecule has 0 radical (unpaired) electrons. The first-order valence-electron chi connectivity index (χ1n) is 4.63. The molecular formula is C11H17ClNO-. The summed E-state index contributed by atoms with van der Waals surface area (Å²) in [5, 5.41) is 3.26. The number of ether oxygens (including phenoxy) is 1. The molecule has 1 aromatic rings. The third-order valence-electron chi connectivity index (χ3n) is 2.25. The van der Waals surface area contributed by atoms with Crippen LogP contribution in [0.3, 0.4) is 0 Å². The van der Waals surface area contributed by atoms with E-state index < -0.39 is 0 Å². The first kappa shape index (κ1) is 13.3. The average molecular weight is 215 g/mol. The summed E-state index contributed by atoms with van der Waals surface area (Å²) in [5.74, 6) is 0.922. The summed E-state index contributed by atoms with van der Waals surface area (Å²) in [4.78, 5) is 0. The van der Waals surface area contributed by atoms with Crippen LogP contribution in [0.15, 0.2) is 24.3 Å². The lowest BCUT2D eigenvalue weighted by Crippen LogP contribution is -3.00. The average Bonchev–Trinajstić information content (AvgIpc) is 2.20. The van der Waals surface area contributed by atoms with Crippen LogP contribution in [-0.2, 0) is 0 Å². The Morgan fingerprint density at radius 1 is 1.43 bits per heavy atom. The Hall–Kier alpha value is -0.730. The second-order valence-corrected chi connectivity index (χ2v) is 3.03. The first-order chi connectivity index (χ1) is 6.31. The summed E-state index contributed by atoms with van der Waals surface area (Å²) >= 11 is 0. The third kappa shape index (κ3) is 3.20. The molecule has 0 aliphatic heterocycles. The van der Waals surface area contributed by atoms with Crippen molar-refractivity contribution in [2.45, 2.75) is 19.4 Å². The van der Waals surface area contributed by atoms with Gasteiger partial charge >= 0.3 is 0 Å². The molecule has 0 spiro atoms. The number of rotatable bonds is 4. The summed E-state index contributed by atoms with van der Waals surface area (Å²) in [6, 6.07) is 8.60. The van der Waals surface area contributed by atoms with Crippen LogP contribution in [0.2, 0.25) is 0 Å². The van der Waals surface area contributed by atoms with E-state index in [1.54, 1.807) is 7.11 Å². The smallest absolute Gasteiger partial charge is 0.119 e. The predicted molar refractivity (Wildman–Crippen MR) is 55.1 cm³/mol. The molecule has 0 amide bonds. The molecule has 0 aromatic heterocycles. The number of halogens is 1. The van der Waals surface area contributed by atoms with Gasteiger partial charge in [-0.05, 0) is 31.2 Å². The Bertz CT molecular complexity index is 261. The van der Waals surface area contributed by atoms with Crippen LogP contribution in [0.25, 0.3) is 0 Å². The lowest BCUT2D eigenvalue weighted by molar-refractivity contribution is -0.00000314. The van der Waals surface area contributed by atoms with Crippen LogP contribution in [0.1, 0.15) is 24.9 Å². The van der Waals surface area contributed by atoms with E-state index in [2.05, 4.69) is 24.4 Å². The maximum absolute atomic E-state index is 5.17. The summed E-state index contributed by atoms with van der Waals surface area (Å²) in [7, 11) is 3.67. The number of hydrogen-bond acceptors (Lipinski definition) is 2. The minimum absolute atomic E-state index is 0. The van der Waals surface area contributed by atoms with Crippen molar-refractivity contribution in [3.63, 3.8) is 0 Å². The van der Waals surface area contributed by atoms with Gasteiger partial charge in [-0.15, -0.1) is 0 Å². The molecule has 0 aliphatic carbocycles. The second kappa shape index (κ2) is 6.68. The molecular weight excluding hydrogens is 198 g/mol. The number of benzene rings is 1. The topological polar surface area (TPSA) is 21.3 Å². The van der Waals surface area contributed by atoms with Crippen molar-refractivity contribution in [2.24, 2.45) is 0 Å². The van der Waals surface area contributed by atoms with Gasteiger partial charge in [0.1, 0.15) is 5.75 Å². The minimum Gasteiger partial charge on any atom is -1.00 e. The van der Waals surface area contributed by atoms with Crippen LogP contribution in [0, 0.1) is 0 Å². The van der Waals surface area contributed by atoms with Crippen molar-refractivity contribution in [2.75, 3.05) is 14.2 Å². The molecule has 1 rings (SSSR count). The lowest BCUT2D eigenvalue weighted by Gasteiger charge is -2.14. The van der Waals surface area contributed by atoms with Gasteiger partial charge in [0.2, 0.25) is 0 Å². The van der Waals surface area contributed by atoms with Gasteiger partial charge in [-0.25, -0.2) is 0 Å². The normalized spacial score (nSPS) is 11.6. The highest BCUT2D eigenvalue weighted by Crippen LogP contribution is 2.20. The van der Waals surface area contributed by atoms with E-state index in [0.717, 1.165) is 12.2 Å². The molecule has 0 bridgehead atoms. The summed E-state index contributed by atoms with van der Waals surface area (Å²) in [5.41, 5.74) is 1.28. The van der Waals surface area contributed by atoms with Crippen molar-refractivity contribution in [1.82, 2.24) is 5.32 Å². The zero-order valence-corrected chi connectivity index (χ0v) is 9.64. The monoisotopic (exact) mass is 214 g/mol. The Kier molecular flexibility index (Phi) is 6.34. The molecule has 0 saturated carbocycles. The Balaban J connectivity index is 0.00000169. The fourth-order valence-corrected chi connectivity index (χ4v) is 1.46. The van der Waals surface area contributed by atoms with Crippen LogP contribution in [0.5, 0.6) is 5.75 Å². The van der Waals surface area contributed by atoms with E-state index in [1.165, 1.54) is 5.56 Å². The summed E-state index contributed by atoms with van der Waals surface area (Å²) in [6.07, 6.45) is 1.09. The highest BCUT2D eigenvalue weighted by atomic mass is 35.5. The number of methoxy groups -OCH3 is 1. The van der Waals surface area contributed by atoms with Crippen LogP contribution < -0.4 is 22.5 Å². The largest absolute Gasteiger partial charge is 1.00 e. The molecule has 0 saturated heterocycles. The van der Waals surface area contributed by atoms with E-state index in [0.29, 0.717) is 6.04 Å². The second-order valence-electron chi connectivity index (χ2n) is 3.03. The van der Waals surface area contributed by atoms with Crippen molar-refractivity contribution >= 4 is 0 Å². The molecule has 1 atom stereocenters. The van der Waals surface area contributed by atoms with Gasteiger partial charge in [-0.1, -0.05) is 19.1 Å². The highest BCUT2D eigenvalue weighted by molar-refractivity contribution is 5.30. The van der Waals surface area contributed by atoms with Gasteiger partial charge in [-0.2, -0.15) is 0 Å². The predicted octanol–water partition coefficient (Wildman–Crippen LogP) is -0.630. The van der Waals surface area contributed by atoms with Crippen LogP contribution in [-0.4, -0.2) is 14.2 Å². The van der Waals surface area contributed by atoms with E-state index in [-0.39, 0.29) is 12.4 Å². The van der Waals surface area contributed by atoms with Gasteiger partial charge in [0.15, 0.2) is 0 Å². The molecule has 0 aliphatic rings. The lowest BCUT2D eigenvalue weighted by atomic mass is 10.0. The maximum atomic E-state index is 5.17. The molecule has 14 heavy (non-hydrogen) atoms. The van der Waals surface area contributed by atoms with Gasteiger partial charge in [0, 0.05) is 6.04 Å². The summed E-state index contributed by atoms with van der Waals surface area (Å²) in [6.45, 7) is 2.17. The molecule has 1 aromatic carbocycles. The third-order valence-corrected chi connectivity index (χ3v) is 2.25. The molecule has 0 heterocycles. The standard InChI is InChI=1S/C11H17NO.ClH/c1-4-11(12-2)9-6-5-7-10(8-9)13-3;/h5-8,11-12H,4H2,1-3H3;1H/p-1. The molecule has 3 heteroatoms. The summed E-state index contributed by atoms with van der Waals surface area (Å²) < 4.78 is 5.17. The fraction of sp³-hybridized carbons (Fsp3) is 0.455. The van der Waals surface area contributed by atoms with Crippen molar-refractivity contribution in [3.8, 4) is 5.75 Å². The van der Waals surface area contributed by atoms with E-state index in [4.69, 9.17) is 4.74 Å². The zero-order valence-electron chi connectivity index (χ0n) is 8.88. The maximum Gasteiger partial charge on any atom is 0.119 e. The van der Waals surface area contributed by atoms with E-state index in [9.17, 15) is 0 Å². The quantitative estimate of drug-likeness (QED) is 0.721. The highest BCUT2D eigenvalue weighted by Gasteiger charge is 2.06. The molecule has 2 nitrogen and oxygen atoms in total. The Morgan fingerprint density at radius 3 is 2.64 bits per heavy atom. The van der Waals surface area contributed by atoms with E-state index >= 15 is 0 Å². The van der Waals surface area contributed by atoms with Gasteiger partial charge in [0.25, 0.3) is 0 Å². The minimum atomic E-state index is 0. The van der Waals surface area contributed by atoms with Crippen molar-refractivity contribution in [3.05, 3.63) is 29.8 Å². The molecule has 1 N–H and O–H groups in total. The number of hydrogen-bond donors (Lipinski definition) is 1. The fourth-order valence-electron chi connectivity index (χ4n) is 1.46. The zero-order chi connectivity index (χ0) is 9.68. The molecule has 0 fully saturated rings. The van der Waals surface area contributed by atoms with Crippen molar-refractivity contribution in [1.29, 1.82) is 0 Å². The van der Waals surface area contributed by atoms with Crippen LogP contribution >= 0.6 is 0 Å².